The number of likely N-dealkylation sites (tertiary alicyclic amines) is 1. The van der Waals surface area contributed by atoms with E-state index in [0.717, 1.165) is 29.2 Å². The van der Waals surface area contributed by atoms with Gasteiger partial charge in [-0.05, 0) is 70.4 Å². The third-order valence-corrected chi connectivity index (χ3v) is 7.31. The summed E-state index contributed by atoms with van der Waals surface area (Å²) in [5.74, 6) is 1.31. The number of aromatic nitrogens is 3. The number of fused-ring (bicyclic) bond motifs is 1. The molecule has 1 fully saturated rings. The highest BCUT2D eigenvalue weighted by atomic mass is 19.3. The Bertz CT molecular complexity index is 1650. The second-order valence-electron chi connectivity index (χ2n) is 12.0. The van der Waals surface area contributed by atoms with Crippen molar-refractivity contribution in [2.45, 2.75) is 64.7 Å². The molecule has 2 aromatic heterocycles. The number of halogens is 2. The summed E-state index contributed by atoms with van der Waals surface area (Å²) >= 11 is 0. The third kappa shape index (κ3) is 7.93. The van der Waals surface area contributed by atoms with Gasteiger partial charge in [-0.2, -0.15) is 0 Å². The molecule has 1 aliphatic heterocycles. The number of carbonyl (C=O) groups excluding carboxylic acids is 1. The fourth-order valence-electron chi connectivity index (χ4n) is 5.14. The van der Waals surface area contributed by atoms with Crippen LogP contribution in [0.3, 0.4) is 0 Å². The molecule has 2 atom stereocenters. The van der Waals surface area contributed by atoms with Crippen LogP contribution in [0.25, 0.3) is 22.0 Å². The van der Waals surface area contributed by atoms with Crippen LogP contribution in [0.4, 0.5) is 25.2 Å². The molecule has 45 heavy (non-hydrogen) atoms. The van der Waals surface area contributed by atoms with Gasteiger partial charge in [0.15, 0.2) is 0 Å². The van der Waals surface area contributed by atoms with Gasteiger partial charge in [0.2, 0.25) is 11.8 Å². The van der Waals surface area contributed by atoms with Gasteiger partial charge in [0.1, 0.15) is 17.5 Å². The number of ether oxygens (including phenoxy) is 2. The van der Waals surface area contributed by atoms with Crippen molar-refractivity contribution in [3.8, 4) is 22.9 Å². The van der Waals surface area contributed by atoms with Gasteiger partial charge in [-0.3, -0.25) is 0 Å². The number of nitrogens with one attached hydrogen (secondary N) is 2. The lowest BCUT2D eigenvalue weighted by Gasteiger charge is -2.34. The van der Waals surface area contributed by atoms with Gasteiger partial charge in [0.05, 0.1) is 11.3 Å². The summed E-state index contributed by atoms with van der Waals surface area (Å²) in [5.41, 5.74) is 2.12. The van der Waals surface area contributed by atoms with Crippen LogP contribution in [0.5, 0.6) is 11.6 Å². The standard InChI is InChI=1S/C33H38F2N6O4/c1-20-12-13-22-23(9-5-11-25(22)38-18-27(42)29(34)35)28(20)44-30-24(10-6-15-36-30)26-14-16-37-31(40-26)39-21-8-7-17-41(19-21)32(43)45-33(2,3)4/h5-6,9-16,21,27,29,38,42H,7-8,17-19H2,1-4H3,(H,37,39,40)/t21?,27-/m1/s1. The molecule has 0 aliphatic carbocycles. The molecule has 3 heterocycles. The van der Waals surface area contributed by atoms with E-state index in [1.165, 1.54) is 0 Å². The van der Waals surface area contributed by atoms with Crippen molar-refractivity contribution in [1.82, 2.24) is 19.9 Å². The van der Waals surface area contributed by atoms with E-state index in [0.29, 0.717) is 47.6 Å². The molecule has 1 unspecified atom stereocenters. The summed E-state index contributed by atoms with van der Waals surface area (Å²) in [4.78, 5) is 28.0. The number of anilines is 2. The molecule has 0 saturated carbocycles. The van der Waals surface area contributed by atoms with Crippen molar-refractivity contribution in [3.05, 3.63) is 66.5 Å². The first-order valence-electron chi connectivity index (χ1n) is 14.9. The van der Waals surface area contributed by atoms with Gasteiger partial charge in [-0.15, -0.1) is 0 Å². The maximum atomic E-state index is 12.9. The number of nitrogens with zero attached hydrogens (tertiary/aromatic N) is 4. The topological polar surface area (TPSA) is 122 Å². The highest BCUT2D eigenvalue weighted by Gasteiger charge is 2.28. The van der Waals surface area contributed by atoms with Crippen molar-refractivity contribution in [3.63, 3.8) is 0 Å². The molecular formula is C33H38F2N6O4. The summed E-state index contributed by atoms with van der Waals surface area (Å²) in [5, 5.41) is 17.4. The van der Waals surface area contributed by atoms with Crippen molar-refractivity contribution < 1.29 is 28.2 Å². The van der Waals surface area contributed by atoms with Gasteiger partial charge < -0.3 is 30.1 Å². The Labute approximate surface area is 260 Å². The summed E-state index contributed by atoms with van der Waals surface area (Å²) in [6.45, 7) is 8.27. The number of amides is 1. The zero-order valence-corrected chi connectivity index (χ0v) is 25.8. The number of rotatable bonds is 9. The molecule has 0 spiro atoms. The molecule has 3 N–H and O–H groups in total. The monoisotopic (exact) mass is 620 g/mol. The third-order valence-electron chi connectivity index (χ3n) is 7.31. The summed E-state index contributed by atoms with van der Waals surface area (Å²) < 4.78 is 37.7. The molecule has 238 valence electrons. The Balaban J connectivity index is 1.37. The van der Waals surface area contributed by atoms with Crippen molar-refractivity contribution in [2.24, 2.45) is 0 Å². The Morgan fingerprint density at radius 3 is 2.69 bits per heavy atom. The van der Waals surface area contributed by atoms with Gasteiger partial charge >= 0.3 is 6.09 Å². The quantitative estimate of drug-likeness (QED) is 0.189. The summed E-state index contributed by atoms with van der Waals surface area (Å²) in [7, 11) is 0. The van der Waals surface area contributed by atoms with Crippen molar-refractivity contribution in [1.29, 1.82) is 0 Å². The number of pyridine rings is 1. The highest BCUT2D eigenvalue weighted by Crippen LogP contribution is 2.38. The van der Waals surface area contributed by atoms with Gasteiger partial charge in [0.25, 0.3) is 6.43 Å². The number of piperidine rings is 1. The fourth-order valence-corrected chi connectivity index (χ4v) is 5.14. The molecule has 5 rings (SSSR count). The van der Waals surface area contributed by atoms with Crippen LogP contribution in [0.1, 0.15) is 39.2 Å². The molecule has 1 amide bonds. The lowest BCUT2D eigenvalue weighted by Crippen LogP contribution is -2.47. The van der Waals surface area contributed by atoms with Gasteiger partial charge in [-0.1, -0.05) is 24.3 Å². The van der Waals surface area contributed by atoms with Crippen LogP contribution in [-0.2, 0) is 4.74 Å². The van der Waals surface area contributed by atoms with E-state index in [-0.39, 0.29) is 18.7 Å². The minimum atomic E-state index is -2.84. The van der Waals surface area contributed by atoms with Gasteiger partial charge in [0, 0.05) is 54.5 Å². The van der Waals surface area contributed by atoms with Gasteiger partial charge in [-0.25, -0.2) is 28.5 Å². The molecular weight excluding hydrogens is 582 g/mol. The highest BCUT2D eigenvalue weighted by molar-refractivity contribution is 5.98. The number of benzene rings is 2. The fraction of sp³-hybridized carbons (Fsp3) is 0.394. The largest absolute Gasteiger partial charge is 0.444 e. The molecule has 2 aromatic carbocycles. The zero-order chi connectivity index (χ0) is 32.1. The Hall–Kier alpha value is -4.58. The maximum Gasteiger partial charge on any atom is 0.410 e. The second-order valence-corrected chi connectivity index (χ2v) is 12.0. The lowest BCUT2D eigenvalue weighted by atomic mass is 10.0. The van der Waals surface area contributed by atoms with Crippen LogP contribution in [0, 0.1) is 6.92 Å². The first kappa shape index (κ1) is 31.8. The van der Waals surface area contributed by atoms with Crippen LogP contribution in [0.2, 0.25) is 0 Å². The van der Waals surface area contributed by atoms with Crippen molar-refractivity contribution in [2.75, 3.05) is 30.3 Å². The summed E-state index contributed by atoms with van der Waals surface area (Å²) in [6.07, 6.45) is 0.00224. The van der Waals surface area contributed by atoms with Crippen LogP contribution in [0.15, 0.2) is 60.9 Å². The average Bonchev–Trinajstić information content (AvgIpc) is 3.00. The number of carbonyl (C=O) groups is 1. The maximum absolute atomic E-state index is 12.9. The Morgan fingerprint density at radius 2 is 1.91 bits per heavy atom. The molecule has 1 saturated heterocycles. The van der Waals surface area contributed by atoms with Crippen molar-refractivity contribution >= 4 is 28.5 Å². The molecule has 0 radical (unpaired) electrons. The number of hydrogen-bond acceptors (Lipinski definition) is 9. The van der Waals surface area contributed by atoms with E-state index in [1.807, 2.05) is 52.0 Å². The molecule has 4 aromatic rings. The van der Waals surface area contributed by atoms with E-state index < -0.39 is 18.1 Å². The minimum absolute atomic E-state index is 0.0471. The zero-order valence-electron chi connectivity index (χ0n) is 25.8. The predicted molar refractivity (Wildman–Crippen MR) is 169 cm³/mol. The molecule has 12 heteroatoms. The predicted octanol–water partition coefficient (Wildman–Crippen LogP) is 6.64. The first-order chi connectivity index (χ1) is 21.5. The Kier molecular flexibility index (Phi) is 9.62. The lowest BCUT2D eigenvalue weighted by molar-refractivity contribution is 0.00386. The molecule has 10 nitrogen and oxygen atoms in total. The number of hydrogen-bond donors (Lipinski definition) is 3. The van der Waals surface area contributed by atoms with E-state index in [2.05, 4.69) is 20.6 Å². The molecule has 0 bridgehead atoms. The second kappa shape index (κ2) is 13.6. The van der Waals surface area contributed by atoms with E-state index >= 15 is 0 Å². The SMILES string of the molecule is Cc1ccc2c(NC[C@@H](O)C(F)F)cccc2c1Oc1ncccc1-c1ccnc(NC2CCCN(C(=O)OC(C)(C)C)C2)n1. The number of alkyl halides is 2. The van der Waals surface area contributed by atoms with E-state index in [1.54, 1.807) is 41.6 Å². The number of aliphatic hydroxyl groups is 1. The number of aryl methyl sites for hydroxylation is 1. The Morgan fingerprint density at radius 1 is 1.09 bits per heavy atom. The smallest absolute Gasteiger partial charge is 0.410 e. The van der Waals surface area contributed by atoms with E-state index in [9.17, 15) is 18.7 Å². The van der Waals surface area contributed by atoms with Crippen LogP contribution < -0.4 is 15.4 Å². The number of aliphatic hydroxyl groups excluding tert-OH is 1. The average molecular weight is 621 g/mol. The first-order valence-corrected chi connectivity index (χ1v) is 14.9. The van der Waals surface area contributed by atoms with E-state index in [4.69, 9.17) is 14.5 Å². The minimum Gasteiger partial charge on any atom is -0.444 e. The van der Waals surface area contributed by atoms with Crippen LogP contribution >= 0.6 is 0 Å². The molecule has 1 aliphatic rings. The van der Waals surface area contributed by atoms with Crippen LogP contribution in [-0.4, -0.2) is 74.9 Å². The normalized spacial score (nSPS) is 16.0. The summed E-state index contributed by atoms with van der Waals surface area (Å²) in [6, 6.07) is 14.6.